The number of nitrogens with zero attached hydrogens (tertiary/aromatic N) is 1. The summed E-state index contributed by atoms with van der Waals surface area (Å²) in [4.78, 5) is 29.8. The summed E-state index contributed by atoms with van der Waals surface area (Å²) in [6, 6.07) is 5.70. The fourth-order valence-corrected chi connectivity index (χ4v) is 3.78. The molecule has 32 heavy (non-hydrogen) atoms. The van der Waals surface area contributed by atoms with Gasteiger partial charge in [0.25, 0.3) is 0 Å². The molecule has 1 aromatic heterocycles. The molecular formula is C24H30N2O6. The molecule has 1 aliphatic rings. The summed E-state index contributed by atoms with van der Waals surface area (Å²) in [7, 11) is 2.63. The van der Waals surface area contributed by atoms with E-state index in [0.29, 0.717) is 35.5 Å². The average molecular weight is 443 g/mol. The number of aromatic nitrogens is 1. The van der Waals surface area contributed by atoms with Gasteiger partial charge in [-0.25, -0.2) is 14.6 Å². The maximum atomic E-state index is 12.8. The molecule has 0 saturated carbocycles. The molecule has 172 valence electrons. The smallest absolute Gasteiger partial charge is 0.356 e. The van der Waals surface area contributed by atoms with Crippen LogP contribution < -0.4 is 10.1 Å². The molecule has 0 spiro atoms. The van der Waals surface area contributed by atoms with E-state index >= 15 is 0 Å². The summed E-state index contributed by atoms with van der Waals surface area (Å²) in [5.41, 5.74) is 3.46. The second-order valence-electron chi connectivity index (χ2n) is 8.57. The summed E-state index contributed by atoms with van der Waals surface area (Å²) < 4.78 is 21.9. The Morgan fingerprint density at radius 3 is 2.50 bits per heavy atom. The van der Waals surface area contributed by atoms with Crippen molar-refractivity contribution in [2.75, 3.05) is 32.7 Å². The van der Waals surface area contributed by atoms with Crippen molar-refractivity contribution >= 4 is 17.6 Å². The number of hydrogen-bond acceptors (Lipinski definition) is 8. The Labute approximate surface area is 188 Å². The number of ether oxygens (including phenoxy) is 4. The number of anilines is 1. The first-order chi connectivity index (χ1) is 15.1. The second kappa shape index (κ2) is 9.16. The number of hydrogen-bond donors (Lipinski definition) is 1. The van der Waals surface area contributed by atoms with Crippen molar-refractivity contribution in [2.45, 2.75) is 46.3 Å². The molecule has 1 aliphatic heterocycles. The monoisotopic (exact) mass is 442 g/mol. The Balaban J connectivity index is 2.32. The van der Waals surface area contributed by atoms with E-state index in [1.807, 2.05) is 39.0 Å². The molecule has 8 heteroatoms. The van der Waals surface area contributed by atoms with Crippen LogP contribution in [-0.4, -0.2) is 49.9 Å². The number of rotatable bonds is 5. The molecule has 1 atom stereocenters. The topological polar surface area (TPSA) is 96.0 Å². The van der Waals surface area contributed by atoms with Gasteiger partial charge in [-0.1, -0.05) is 6.07 Å². The summed E-state index contributed by atoms with van der Waals surface area (Å²) in [6.45, 7) is 10.4. The zero-order valence-electron chi connectivity index (χ0n) is 19.6. The number of pyridine rings is 1. The van der Waals surface area contributed by atoms with Gasteiger partial charge in [0.1, 0.15) is 12.4 Å². The first kappa shape index (κ1) is 23.5. The standard InChI is InChI=1S/C24H30N2O6/c1-13-18(15-8-9-17-16(12-15)25-10-11-31-17)19(14(2)26-20(13)22(27)29-6)21(23(28)30-7)32-24(3,4)5/h8-9,12,21,25H,10-11H2,1-7H3/t21-/m0/s1. The van der Waals surface area contributed by atoms with E-state index in [1.165, 1.54) is 14.2 Å². The zero-order valence-corrected chi connectivity index (χ0v) is 19.6. The normalized spacial score (nSPS) is 14.0. The zero-order chi connectivity index (χ0) is 23.6. The fourth-order valence-electron chi connectivity index (χ4n) is 3.78. The predicted molar refractivity (Wildman–Crippen MR) is 120 cm³/mol. The number of fused-ring (bicyclic) bond motifs is 1. The molecule has 3 rings (SSSR count). The highest BCUT2D eigenvalue weighted by Crippen LogP contribution is 2.41. The van der Waals surface area contributed by atoms with Crippen LogP contribution in [-0.2, 0) is 19.0 Å². The van der Waals surface area contributed by atoms with Crippen LogP contribution in [0.3, 0.4) is 0 Å². The Morgan fingerprint density at radius 1 is 1.16 bits per heavy atom. The highest BCUT2D eigenvalue weighted by molar-refractivity contribution is 5.94. The molecule has 2 aromatic rings. The number of benzene rings is 1. The molecule has 1 aromatic carbocycles. The van der Waals surface area contributed by atoms with Gasteiger partial charge in [-0.05, 0) is 63.4 Å². The van der Waals surface area contributed by atoms with E-state index < -0.39 is 23.6 Å². The van der Waals surface area contributed by atoms with Gasteiger partial charge in [-0.2, -0.15) is 0 Å². The minimum absolute atomic E-state index is 0.185. The van der Waals surface area contributed by atoms with E-state index in [4.69, 9.17) is 18.9 Å². The van der Waals surface area contributed by atoms with Crippen molar-refractivity contribution < 1.29 is 28.5 Å². The van der Waals surface area contributed by atoms with Gasteiger partial charge in [0, 0.05) is 17.8 Å². The molecular weight excluding hydrogens is 412 g/mol. The molecule has 0 radical (unpaired) electrons. The lowest BCUT2D eigenvalue weighted by atomic mass is 9.89. The third kappa shape index (κ3) is 4.70. The Hall–Kier alpha value is -3.13. The average Bonchev–Trinajstić information content (AvgIpc) is 2.76. The molecule has 0 saturated heterocycles. The van der Waals surface area contributed by atoms with E-state index in [1.54, 1.807) is 13.8 Å². The third-order valence-corrected chi connectivity index (χ3v) is 5.14. The minimum atomic E-state index is -1.03. The van der Waals surface area contributed by atoms with Crippen LogP contribution in [0, 0.1) is 13.8 Å². The van der Waals surface area contributed by atoms with Crippen LogP contribution in [0.5, 0.6) is 5.75 Å². The molecule has 2 heterocycles. The van der Waals surface area contributed by atoms with E-state index in [-0.39, 0.29) is 5.69 Å². The summed E-state index contributed by atoms with van der Waals surface area (Å²) in [5, 5.41) is 3.32. The van der Waals surface area contributed by atoms with Crippen LogP contribution in [0.15, 0.2) is 18.2 Å². The third-order valence-electron chi connectivity index (χ3n) is 5.14. The van der Waals surface area contributed by atoms with E-state index in [9.17, 15) is 9.59 Å². The first-order valence-electron chi connectivity index (χ1n) is 10.4. The maximum absolute atomic E-state index is 12.8. The van der Waals surface area contributed by atoms with Gasteiger partial charge in [-0.3, -0.25) is 0 Å². The Kier molecular flexibility index (Phi) is 6.74. The number of carbonyl (C=O) groups is 2. The second-order valence-corrected chi connectivity index (χ2v) is 8.57. The van der Waals surface area contributed by atoms with Crippen molar-refractivity contribution in [1.29, 1.82) is 0 Å². The van der Waals surface area contributed by atoms with E-state index in [2.05, 4.69) is 10.3 Å². The first-order valence-corrected chi connectivity index (χ1v) is 10.4. The number of carbonyl (C=O) groups excluding carboxylic acids is 2. The predicted octanol–water partition coefficient (Wildman–Crippen LogP) is 3.99. The van der Waals surface area contributed by atoms with Crippen molar-refractivity contribution in [1.82, 2.24) is 4.98 Å². The van der Waals surface area contributed by atoms with Crippen LogP contribution in [0.1, 0.15) is 54.2 Å². The Morgan fingerprint density at radius 2 is 1.88 bits per heavy atom. The largest absolute Gasteiger partial charge is 0.490 e. The highest BCUT2D eigenvalue weighted by atomic mass is 16.6. The molecule has 0 bridgehead atoms. The molecule has 0 amide bonds. The molecule has 0 unspecified atom stereocenters. The Bertz CT molecular complexity index is 1040. The number of nitrogens with one attached hydrogen (secondary N) is 1. The number of aryl methyl sites for hydroxylation is 1. The van der Waals surface area contributed by atoms with Crippen molar-refractivity contribution in [3.8, 4) is 16.9 Å². The van der Waals surface area contributed by atoms with Gasteiger partial charge < -0.3 is 24.3 Å². The summed E-state index contributed by atoms with van der Waals surface area (Å²) >= 11 is 0. The lowest BCUT2D eigenvalue weighted by Crippen LogP contribution is -2.30. The number of methoxy groups -OCH3 is 2. The molecule has 0 aliphatic carbocycles. The summed E-state index contributed by atoms with van der Waals surface area (Å²) in [5.74, 6) is -0.353. The van der Waals surface area contributed by atoms with Gasteiger partial charge in [0.05, 0.1) is 25.5 Å². The van der Waals surface area contributed by atoms with E-state index in [0.717, 1.165) is 17.0 Å². The maximum Gasteiger partial charge on any atom is 0.356 e. The van der Waals surface area contributed by atoms with Crippen LogP contribution in [0.25, 0.3) is 11.1 Å². The quantitative estimate of drug-likeness (QED) is 0.695. The lowest BCUT2D eigenvalue weighted by molar-refractivity contribution is -0.164. The molecule has 8 nitrogen and oxygen atoms in total. The lowest BCUT2D eigenvalue weighted by Gasteiger charge is -2.29. The van der Waals surface area contributed by atoms with Gasteiger partial charge in [0.15, 0.2) is 11.8 Å². The number of esters is 2. The van der Waals surface area contributed by atoms with Crippen LogP contribution in [0.4, 0.5) is 5.69 Å². The van der Waals surface area contributed by atoms with Crippen LogP contribution >= 0.6 is 0 Å². The van der Waals surface area contributed by atoms with Crippen molar-refractivity contribution in [2.24, 2.45) is 0 Å². The fraction of sp³-hybridized carbons (Fsp3) is 0.458. The van der Waals surface area contributed by atoms with Gasteiger partial charge in [0.2, 0.25) is 0 Å². The van der Waals surface area contributed by atoms with Crippen molar-refractivity contribution in [3.05, 3.63) is 40.7 Å². The highest BCUT2D eigenvalue weighted by Gasteiger charge is 2.34. The molecule has 0 fully saturated rings. The summed E-state index contributed by atoms with van der Waals surface area (Å²) in [6.07, 6.45) is -1.03. The SMILES string of the molecule is COC(=O)c1nc(C)c([C@H](OC(C)(C)C)C(=O)OC)c(-c2ccc3c(c2)NCCO3)c1C. The van der Waals surface area contributed by atoms with Crippen LogP contribution in [0.2, 0.25) is 0 Å². The molecule has 1 N–H and O–H groups in total. The van der Waals surface area contributed by atoms with Gasteiger partial charge >= 0.3 is 11.9 Å². The minimum Gasteiger partial charge on any atom is -0.490 e. The van der Waals surface area contributed by atoms with Gasteiger partial charge in [-0.15, -0.1) is 0 Å². The van der Waals surface area contributed by atoms with Crippen molar-refractivity contribution in [3.63, 3.8) is 0 Å².